The van der Waals surface area contributed by atoms with Crippen LogP contribution in [0, 0.1) is 0 Å². The van der Waals surface area contributed by atoms with Crippen LogP contribution in [-0.4, -0.2) is 11.5 Å². The topological polar surface area (TPSA) is 9.23 Å². The summed E-state index contributed by atoms with van der Waals surface area (Å²) >= 11 is 7.88. The Morgan fingerprint density at radius 1 is 1.00 bits per heavy atom. The maximum Gasteiger partial charge on any atom is 0.0869 e. The molecular formula is C6H10OS2. The second-order valence-electron chi connectivity index (χ2n) is 1.24. The molecule has 0 spiro atoms. The van der Waals surface area contributed by atoms with Gasteiger partial charge in [-0.2, -0.15) is 25.3 Å². The molecule has 0 rings (SSSR count). The molecule has 3 heteroatoms. The van der Waals surface area contributed by atoms with Crippen molar-refractivity contribution < 1.29 is 4.74 Å². The predicted octanol–water partition coefficient (Wildman–Crippen LogP) is 1.89. The minimum absolute atomic E-state index is 0.703. The third-order valence-electron chi connectivity index (χ3n) is 0.560. The Kier molecular flexibility index (Phi) is 7.96. The van der Waals surface area contributed by atoms with Crippen molar-refractivity contribution in [3.8, 4) is 0 Å². The van der Waals surface area contributed by atoms with E-state index in [1.807, 2.05) is 12.2 Å². The van der Waals surface area contributed by atoms with Gasteiger partial charge in [-0.1, -0.05) is 0 Å². The standard InChI is InChI=1S/C6H10OS2/c8-5-1-3-7-4-2-6-9/h1-4,8-9H,5-6H2. The van der Waals surface area contributed by atoms with Gasteiger partial charge in [0.15, 0.2) is 0 Å². The average Bonchev–Trinajstić information content (AvgIpc) is 1.89. The molecule has 0 aromatic heterocycles. The molecule has 0 unspecified atom stereocenters. The summed E-state index contributed by atoms with van der Waals surface area (Å²) in [4.78, 5) is 0. The van der Waals surface area contributed by atoms with E-state index in [-0.39, 0.29) is 0 Å². The molecule has 0 aromatic rings. The molecule has 0 aliphatic rings. The van der Waals surface area contributed by atoms with Crippen molar-refractivity contribution in [3.05, 3.63) is 24.7 Å². The quantitative estimate of drug-likeness (QED) is 0.474. The summed E-state index contributed by atoms with van der Waals surface area (Å²) < 4.78 is 4.86. The van der Waals surface area contributed by atoms with Crippen LogP contribution in [0.3, 0.4) is 0 Å². The highest BCUT2D eigenvalue weighted by Crippen LogP contribution is 1.83. The van der Waals surface area contributed by atoms with Gasteiger partial charge in [-0.05, 0) is 12.2 Å². The minimum Gasteiger partial charge on any atom is -0.473 e. The Balaban J connectivity index is 3.08. The number of hydrogen-bond donors (Lipinski definition) is 2. The molecule has 0 N–H and O–H groups in total. The first-order valence-electron chi connectivity index (χ1n) is 2.59. The lowest BCUT2D eigenvalue weighted by Gasteiger charge is -1.85. The van der Waals surface area contributed by atoms with Crippen LogP contribution in [0.4, 0.5) is 0 Å². The van der Waals surface area contributed by atoms with E-state index in [1.165, 1.54) is 0 Å². The van der Waals surface area contributed by atoms with Crippen molar-refractivity contribution in [1.82, 2.24) is 0 Å². The zero-order valence-corrected chi connectivity index (χ0v) is 6.82. The number of rotatable bonds is 4. The van der Waals surface area contributed by atoms with Crippen LogP contribution >= 0.6 is 25.3 Å². The second kappa shape index (κ2) is 7.98. The highest BCUT2D eigenvalue weighted by molar-refractivity contribution is 7.80. The third-order valence-corrected chi connectivity index (χ3v) is 0.982. The van der Waals surface area contributed by atoms with Crippen LogP contribution in [0.25, 0.3) is 0 Å². The van der Waals surface area contributed by atoms with Gasteiger partial charge in [0.25, 0.3) is 0 Å². The number of ether oxygens (including phenoxy) is 1. The monoisotopic (exact) mass is 162 g/mol. The predicted molar refractivity (Wildman–Crippen MR) is 47.1 cm³/mol. The molecule has 0 heterocycles. The van der Waals surface area contributed by atoms with E-state index in [9.17, 15) is 0 Å². The van der Waals surface area contributed by atoms with Gasteiger partial charge in [-0.3, -0.25) is 0 Å². The largest absolute Gasteiger partial charge is 0.473 e. The molecule has 0 aromatic carbocycles. The summed E-state index contributed by atoms with van der Waals surface area (Å²) in [7, 11) is 0. The van der Waals surface area contributed by atoms with E-state index < -0.39 is 0 Å². The maximum absolute atomic E-state index is 4.86. The molecule has 0 amide bonds. The van der Waals surface area contributed by atoms with Gasteiger partial charge >= 0.3 is 0 Å². The Labute approximate surface area is 66.6 Å². The van der Waals surface area contributed by atoms with E-state index >= 15 is 0 Å². The van der Waals surface area contributed by atoms with E-state index in [1.54, 1.807) is 12.5 Å². The Hall–Kier alpha value is -0.0200. The first-order valence-corrected chi connectivity index (χ1v) is 3.85. The van der Waals surface area contributed by atoms with Crippen LogP contribution in [0.2, 0.25) is 0 Å². The van der Waals surface area contributed by atoms with Crippen LogP contribution in [-0.2, 0) is 4.74 Å². The summed E-state index contributed by atoms with van der Waals surface area (Å²) in [6, 6.07) is 0. The molecule has 0 radical (unpaired) electrons. The fourth-order valence-electron chi connectivity index (χ4n) is 0.243. The fraction of sp³-hybridized carbons (Fsp3) is 0.333. The molecule has 9 heavy (non-hydrogen) atoms. The molecule has 0 aliphatic carbocycles. The zero-order chi connectivity index (χ0) is 6.95. The van der Waals surface area contributed by atoms with Crippen molar-refractivity contribution in [3.63, 3.8) is 0 Å². The lowest BCUT2D eigenvalue weighted by atomic mass is 10.7. The zero-order valence-electron chi connectivity index (χ0n) is 5.03. The molecule has 0 saturated carbocycles. The fourth-order valence-corrected chi connectivity index (χ4v) is 0.415. The summed E-state index contributed by atoms with van der Waals surface area (Å²) in [5, 5.41) is 0. The lowest BCUT2D eigenvalue weighted by Crippen LogP contribution is -1.67. The van der Waals surface area contributed by atoms with Gasteiger partial charge in [0.1, 0.15) is 0 Å². The summed E-state index contributed by atoms with van der Waals surface area (Å²) in [5.41, 5.74) is 0. The van der Waals surface area contributed by atoms with Crippen molar-refractivity contribution in [2.45, 2.75) is 0 Å². The van der Waals surface area contributed by atoms with Crippen molar-refractivity contribution in [1.29, 1.82) is 0 Å². The molecular weight excluding hydrogens is 152 g/mol. The Morgan fingerprint density at radius 2 is 1.44 bits per heavy atom. The van der Waals surface area contributed by atoms with Gasteiger partial charge in [0, 0.05) is 11.5 Å². The first kappa shape index (κ1) is 8.98. The highest BCUT2D eigenvalue weighted by Gasteiger charge is 1.66. The molecule has 0 fully saturated rings. The molecule has 0 saturated heterocycles. The van der Waals surface area contributed by atoms with Crippen LogP contribution in [0.15, 0.2) is 24.7 Å². The molecule has 0 atom stereocenters. The van der Waals surface area contributed by atoms with Gasteiger partial charge < -0.3 is 4.74 Å². The van der Waals surface area contributed by atoms with Gasteiger partial charge in [0.2, 0.25) is 0 Å². The molecule has 1 nitrogen and oxygen atoms in total. The van der Waals surface area contributed by atoms with Crippen molar-refractivity contribution >= 4 is 25.3 Å². The molecule has 0 bridgehead atoms. The normalized spacial score (nSPS) is 11.3. The number of hydrogen-bond acceptors (Lipinski definition) is 3. The van der Waals surface area contributed by atoms with E-state index in [0.717, 1.165) is 0 Å². The maximum atomic E-state index is 4.86. The molecule has 52 valence electrons. The summed E-state index contributed by atoms with van der Waals surface area (Å²) in [6.45, 7) is 0. The Morgan fingerprint density at radius 3 is 1.78 bits per heavy atom. The van der Waals surface area contributed by atoms with E-state index in [4.69, 9.17) is 4.74 Å². The van der Waals surface area contributed by atoms with Gasteiger partial charge in [-0.25, -0.2) is 0 Å². The lowest BCUT2D eigenvalue weighted by molar-refractivity contribution is 0.401. The SMILES string of the molecule is SCC=COC=CCS. The first-order chi connectivity index (χ1) is 4.41. The average molecular weight is 162 g/mol. The summed E-state index contributed by atoms with van der Waals surface area (Å²) in [6.07, 6.45) is 6.80. The smallest absolute Gasteiger partial charge is 0.0869 e. The van der Waals surface area contributed by atoms with Crippen molar-refractivity contribution in [2.24, 2.45) is 0 Å². The van der Waals surface area contributed by atoms with Crippen molar-refractivity contribution in [2.75, 3.05) is 11.5 Å². The van der Waals surface area contributed by atoms with E-state index in [0.29, 0.717) is 11.5 Å². The van der Waals surface area contributed by atoms with Gasteiger partial charge in [-0.15, -0.1) is 0 Å². The summed E-state index contributed by atoms with van der Waals surface area (Å²) in [5.74, 6) is 1.41. The Bertz CT molecular complexity index is 87.2. The number of thiol groups is 2. The minimum atomic E-state index is 0.703. The molecule has 0 aliphatic heterocycles. The highest BCUT2D eigenvalue weighted by atomic mass is 32.1. The third kappa shape index (κ3) is 7.98. The van der Waals surface area contributed by atoms with E-state index in [2.05, 4.69) is 25.3 Å². The van der Waals surface area contributed by atoms with Crippen LogP contribution in [0.5, 0.6) is 0 Å². The van der Waals surface area contributed by atoms with Crippen LogP contribution < -0.4 is 0 Å². The van der Waals surface area contributed by atoms with Crippen LogP contribution in [0.1, 0.15) is 0 Å². The van der Waals surface area contributed by atoms with Gasteiger partial charge in [0.05, 0.1) is 12.5 Å². The second-order valence-corrected chi connectivity index (χ2v) is 1.98.